The molecule has 5 heteroatoms. The van der Waals surface area contributed by atoms with Gasteiger partial charge in [0.1, 0.15) is 16.7 Å². The minimum absolute atomic E-state index is 0.582. The summed E-state index contributed by atoms with van der Waals surface area (Å²) in [7, 11) is 0. The molecule has 0 aliphatic rings. The minimum Gasteiger partial charge on any atom is -0.455 e. The smallest absolute Gasteiger partial charge is 0.227 e. The zero-order chi connectivity index (χ0) is 33.9. The summed E-state index contributed by atoms with van der Waals surface area (Å²) in [5, 5.41) is 9.25. The third-order valence-electron chi connectivity index (χ3n) is 10.7. The Morgan fingerprint density at radius 2 is 1.04 bits per heavy atom. The number of benzene rings is 8. The van der Waals surface area contributed by atoms with Crippen molar-refractivity contribution in [3.05, 3.63) is 164 Å². The summed E-state index contributed by atoms with van der Waals surface area (Å²) in [4.78, 5) is 4.75. The van der Waals surface area contributed by atoms with Crippen LogP contribution in [0.1, 0.15) is 0 Å². The number of aromatic nitrogens is 3. The molecule has 0 aliphatic carbocycles. The largest absolute Gasteiger partial charge is 0.455 e. The lowest BCUT2D eigenvalue weighted by Crippen LogP contribution is -1.97. The zero-order valence-electron chi connectivity index (χ0n) is 27.7. The van der Waals surface area contributed by atoms with E-state index < -0.39 is 0 Å². The van der Waals surface area contributed by atoms with Gasteiger partial charge in [0.25, 0.3) is 0 Å². The molecule has 0 fully saturated rings. The number of rotatable bonds is 3. The van der Waals surface area contributed by atoms with E-state index >= 15 is 0 Å². The van der Waals surface area contributed by atoms with E-state index in [2.05, 4.69) is 143 Å². The maximum atomic E-state index is 6.72. The molecule has 242 valence electrons. The summed E-state index contributed by atoms with van der Waals surface area (Å²) in [6.45, 7) is 0. The molecule has 5 nitrogen and oxygen atoms in total. The molecule has 0 saturated heterocycles. The highest BCUT2D eigenvalue weighted by Crippen LogP contribution is 2.43. The van der Waals surface area contributed by atoms with E-state index in [4.69, 9.17) is 13.8 Å². The predicted octanol–water partition coefficient (Wildman–Crippen LogP) is 12.7. The topological polar surface area (TPSA) is 49.0 Å². The van der Waals surface area contributed by atoms with Crippen LogP contribution in [0.5, 0.6) is 0 Å². The Morgan fingerprint density at radius 1 is 0.385 bits per heavy atom. The van der Waals surface area contributed by atoms with Crippen molar-refractivity contribution in [3.8, 4) is 22.8 Å². The van der Waals surface area contributed by atoms with Gasteiger partial charge in [-0.25, -0.2) is 4.98 Å². The molecule has 12 aromatic rings. The van der Waals surface area contributed by atoms with Crippen LogP contribution in [0.15, 0.2) is 173 Å². The number of nitrogens with zero attached hydrogens (tertiary/aromatic N) is 3. The van der Waals surface area contributed by atoms with Crippen molar-refractivity contribution in [1.29, 1.82) is 0 Å². The lowest BCUT2D eigenvalue weighted by atomic mass is 10.0. The maximum Gasteiger partial charge on any atom is 0.227 e. The van der Waals surface area contributed by atoms with Gasteiger partial charge in [-0.2, -0.15) is 0 Å². The first-order valence-electron chi connectivity index (χ1n) is 17.5. The van der Waals surface area contributed by atoms with Crippen LogP contribution in [0.3, 0.4) is 0 Å². The van der Waals surface area contributed by atoms with Gasteiger partial charge in [-0.3, -0.25) is 0 Å². The molecule has 8 aromatic carbocycles. The normalized spacial score (nSPS) is 12.2. The number of fused-ring (bicyclic) bond motifs is 12. The van der Waals surface area contributed by atoms with Crippen LogP contribution in [0, 0.1) is 0 Å². The van der Waals surface area contributed by atoms with Crippen molar-refractivity contribution in [2.75, 3.05) is 0 Å². The molecule has 0 saturated carbocycles. The Balaban J connectivity index is 1.17. The van der Waals surface area contributed by atoms with Gasteiger partial charge >= 0.3 is 0 Å². The average molecular weight is 666 g/mol. The monoisotopic (exact) mass is 665 g/mol. The fraction of sp³-hybridized carbons (Fsp3) is 0. The minimum atomic E-state index is 0.582. The van der Waals surface area contributed by atoms with Gasteiger partial charge in [-0.1, -0.05) is 91.0 Å². The summed E-state index contributed by atoms with van der Waals surface area (Å²) in [5.74, 6) is 0.582. The molecule has 0 unspecified atom stereocenters. The number of hydrogen-bond donors (Lipinski definition) is 0. The second-order valence-electron chi connectivity index (χ2n) is 13.5. The van der Waals surface area contributed by atoms with Crippen LogP contribution < -0.4 is 0 Å². The Labute approximate surface area is 296 Å². The molecule has 0 N–H and O–H groups in total. The Hall–Kier alpha value is -7.11. The molecule has 0 radical (unpaired) electrons. The Morgan fingerprint density at radius 3 is 1.83 bits per heavy atom. The van der Waals surface area contributed by atoms with Crippen LogP contribution in [-0.2, 0) is 0 Å². The van der Waals surface area contributed by atoms with Gasteiger partial charge in [-0.15, -0.1) is 0 Å². The summed E-state index contributed by atoms with van der Waals surface area (Å²) >= 11 is 0. The summed E-state index contributed by atoms with van der Waals surface area (Å²) in [6.07, 6.45) is 0. The second kappa shape index (κ2) is 10.2. The van der Waals surface area contributed by atoms with Crippen molar-refractivity contribution in [2.24, 2.45) is 0 Å². The first kappa shape index (κ1) is 27.7. The lowest BCUT2D eigenvalue weighted by Gasteiger charge is -2.13. The molecule has 4 aromatic heterocycles. The molecule has 0 aliphatic heterocycles. The van der Waals surface area contributed by atoms with Crippen LogP contribution in [0.4, 0.5) is 0 Å². The van der Waals surface area contributed by atoms with E-state index in [1.54, 1.807) is 0 Å². The lowest BCUT2D eigenvalue weighted by molar-refractivity contribution is 0.619. The van der Waals surface area contributed by atoms with Crippen LogP contribution >= 0.6 is 0 Å². The fourth-order valence-corrected chi connectivity index (χ4v) is 8.44. The van der Waals surface area contributed by atoms with Gasteiger partial charge < -0.3 is 18.0 Å². The van der Waals surface area contributed by atoms with E-state index in [9.17, 15) is 0 Å². The molecule has 4 heterocycles. The van der Waals surface area contributed by atoms with E-state index in [1.807, 2.05) is 30.3 Å². The van der Waals surface area contributed by atoms with Crippen LogP contribution in [0.2, 0.25) is 0 Å². The molecule has 12 rings (SSSR count). The Bertz CT molecular complexity index is 3380. The Kier molecular flexibility index (Phi) is 5.44. The number of para-hydroxylation sites is 5. The first-order valence-corrected chi connectivity index (χ1v) is 17.5. The molecule has 0 bridgehead atoms. The molecule has 0 atom stereocenters. The predicted molar refractivity (Wildman–Crippen MR) is 213 cm³/mol. The van der Waals surface area contributed by atoms with Crippen LogP contribution in [-0.4, -0.2) is 14.1 Å². The van der Waals surface area contributed by atoms with Crippen molar-refractivity contribution >= 4 is 87.4 Å². The second-order valence-corrected chi connectivity index (χ2v) is 13.5. The van der Waals surface area contributed by atoms with Gasteiger partial charge in [0.05, 0.1) is 27.8 Å². The summed E-state index contributed by atoms with van der Waals surface area (Å²) in [5.41, 5.74) is 11.1. The standard InChI is InChI=1S/C47H27N3O2/c1-2-12-29(13-3-1)49-39-19-9-6-15-31(39)35-25-36-32-16-7-10-20-40(32)50(43(36)27-42(35)49)41-26-37-33-23-22-28(47-48-38-18-8-11-21-44(38)52-47)24-45(33)51-46(37)34-17-5-4-14-30(34)41/h1-27H. The highest BCUT2D eigenvalue weighted by Gasteiger charge is 2.22. The van der Waals surface area contributed by atoms with E-state index in [0.29, 0.717) is 5.89 Å². The molecule has 0 amide bonds. The number of furan rings is 1. The highest BCUT2D eigenvalue weighted by atomic mass is 16.3. The molecular formula is C47H27N3O2. The van der Waals surface area contributed by atoms with Crippen molar-refractivity contribution in [3.63, 3.8) is 0 Å². The summed E-state index contributed by atoms with van der Waals surface area (Å²) < 4.78 is 17.7. The fourth-order valence-electron chi connectivity index (χ4n) is 8.44. The summed E-state index contributed by atoms with van der Waals surface area (Å²) in [6, 6.07) is 58.0. The van der Waals surface area contributed by atoms with Gasteiger partial charge in [0.2, 0.25) is 5.89 Å². The highest BCUT2D eigenvalue weighted by molar-refractivity contribution is 6.22. The van der Waals surface area contributed by atoms with Crippen molar-refractivity contribution in [2.45, 2.75) is 0 Å². The van der Waals surface area contributed by atoms with Crippen LogP contribution in [0.25, 0.3) is 110 Å². The number of oxazole rings is 1. The number of hydrogen-bond acceptors (Lipinski definition) is 3. The third-order valence-corrected chi connectivity index (χ3v) is 10.7. The molecule has 0 spiro atoms. The first-order chi connectivity index (χ1) is 25.8. The van der Waals surface area contributed by atoms with E-state index in [0.717, 1.165) is 71.8 Å². The average Bonchev–Trinajstić information content (AvgIpc) is 3.96. The third kappa shape index (κ3) is 3.74. The SMILES string of the molecule is c1ccc(-n2c3ccccc3c3cc4c5ccccc5n(-c5cc6c7ccc(-c8nc9ccccc9o8)cc7oc6c6ccccc56)c4cc32)cc1. The zero-order valence-corrected chi connectivity index (χ0v) is 27.7. The van der Waals surface area contributed by atoms with Gasteiger partial charge in [0.15, 0.2) is 5.58 Å². The molecular weight excluding hydrogens is 639 g/mol. The van der Waals surface area contributed by atoms with Crippen molar-refractivity contribution in [1.82, 2.24) is 14.1 Å². The van der Waals surface area contributed by atoms with Gasteiger partial charge in [-0.05, 0) is 72.8 Å². The van der Waals surface area contributed by atoms with E-state index in [-0.39, 0.29) is 0 Å². The maximum absolute atomic E-state index is 6.72. The van der Waals surface area contributed by atoms with Gasteiger partial charge in [0, 0.05) is 54.3 Å². The molecule has 52 heavy (non-hydrogen) atoms. The quantitative estimate of drug-likeness (QED) is 0.189. The van der Waals surface area contributed by atoms with E-state index in [1.165, 1.54) is 32.6 Å². The van der Waals surface area contributed by atoms with Crippen molar-refractivity contribution < 1.29 is 8.83 Å².